The van der Waals surface area contributed by atoms with Crippen molar-refractivity contribution in [2.24, 2.45) is 0 Å². The summed E-state index contributed by atoms with van der Waals surface area (Å²) in [6.45, 7) is 2.87. The van der Waals surface area contributed by atoms with Crippen LogP contribution in [0.1, 0.15) is 31.3 Å². The largest absolute Gasteiger partial charge is 0.465 e. The fourth-order valence-electron chi connectivity index (χ4n) is 1.92. The van der Waals surface area contributed by atoms with Gasteiger partial charge in [0.25, 0.3) is 11.6 Å². The van der Waals surface area contributed by atoms with Gasteiger partial charge in [-0.1, -0.05) is 11.3 Å². The molecule has 0 fully saturated rings. The maximum absolute atomic E-state index is 14.1. The summed E-state index contributed by atoms with van der Waals surface area (Å²) in [5, 5.41) is 13.2. The number of nitro groups is 1. The predicted molar refractivity (Wildman–Crippen MR) is 83.9 cm³/mol. The Bertz CT molecular complexity index is 849. The van der Waals surface area contributed by atoms with Gasteiger partial charge in [-0.05, 0) is 19.4 Å². The lowest BCUT2D eigenvalue weighted by Crippen LogP contribution is -2.14. The number of rotatable bonds is 4. The third-order valence-electron chi connectivity index (χ3n) is 3.08. The van der Waals surface area contributed by atoms with E-state index in [9.17, 15) is 24.1 Å². The van der Waals surface area contributed by atoms with E-state index in [0.717, 1.165) is 23.5 Å². The van der Waals surface area contributed by atoms with Gasteiger partial charge in [0.1, 0.15) is 10.7 Å². The molecule has 0 bridgehead atoms. The first-order valence-electron chi connectivity index (χ1n) is 6.56. The van der Waals surface area contributed by atoms with Crippen LogP contribution in [0, 0.1) is 29.8 Å². The Morgan fingerprint density at radius 2 is 2.04 bits per heavy atom. The Morgan fingerprint density at radius 3 is 2.62 bits per heavy atom. The molecule has 1 aromatic heterocycles. The number of nitrogens with one attached hydrogen (secondary N) is 1. The van der Waals surface area contributed by atoms with Crippen molar-refractivity contribution in [3.05, 3.63) is 49.8 Å². The summed E-state index contributed by atoms with van der Waals surface area (Å²) in [5.41, 5.74) is -0.559. The number of ether oxygens (including phenoxy) is 1. The van der Waals surface area contributed by atoms with Crippen LogP contribution in [0.5, 0.6) is 0 Å². The number of aryl methyl sites for hydroxylation is 2. The number of aromatic nitrogens is 1. The standard InChI is InChI=1S/C14H12FN3O5S/c1-6-4-8(18(21)22)5-9(10(6)15)12(19)17-14-16-7(2)11(24-14)13(20)23-3/h4-5H,1-3H3,(H,16,17,19). The van der Waals surface area contributed by atoms with Crippen LogP contribution in [-0.2, 0) is 4.74 Å². The molecule has 0 aliphatic rings. The molecule has 1 aromatic carbocycles. The Morgan fingerprint density at radius 1 is 1.38 bits per heavy atom. The first kappa shape index (κ1) is 17.5. The van der Waals surface area contributed by atoms with Crippen molar-refractivity contribution in [3.8, 4) is 0 Å². The number of amides is 1. The monoisotopic (exact) mass is 353 g/mol. The van der Waals surface area contributed by atoms with Crippen molar-refractivity contribution in [2.75, 3.05) is 12.4 Å². The topological polar surface area (TPSA) is 111 Å². The molecular weight excluding hydrogens is 341 g/mol. The quantitative estimate of drug-likeness (QED) is 0.514. The molecule has 24 heavy (non-hydrogen) atoms. The van der Waals surface area contributed by atoms with Gasteiger partial charge < -0.3 is 4.74 Å². The molecule has 1 amide bonds. The summed E-state index contributed by atoms with van der Waals surface area (Å²) in [6.07, 6.45) is 0. The molecule has 8 nitrogen and oxygen atoms in total. The minimum absolute atomic E-state index is 0.0279. The number of nitro benzene ring substituents is 1. The van der Waals surface area contributed by atoms with E-state index in [1.165, 1.54) is 14.0 Å². The van der Waals surface area contributed by atoms with E-state index in [2.05, 4.69) is 15.0 Å². The molecule has 0 saturated heterocycles. The minimum atomic E-state index is -0.899. The maximum Gasteiger partial charge on any atom is 0.350 e. The molecule has 126 valence electrons. The first-order chi connectivity index (χ1) is 11.2. The molecule has 2 rings (SSSR count). The highest BCUT2D eigenvalue weighted by Crippen LogP contribution is 2.26. The average Bonchev–Trinajstić information content (AvgIpc) is 2.89. The second-order valence-electron chi connectivity index (χ2n) is 4.76. The van der Waals surface area contributed by atoms with E-state index >= 15 is 0 Å². The molecule has 0 radical (unpaired) electrons. The molecule has 0 atom stereocenters. The number of anilines is 1. The van der Waals surface area contributed by atoms with Crippen molar-refractivity contribution in [1.29, 1.82) is 0 Å². The summed E-state index contributed by atoms with van der Waals surface area (Å²) in [7, 11) is 1.21. The molecule has 0 saturated carbocycles. The highest BCUT2D eigenvalue weighted by molar-refractivity contribution is 7.17. The van der Waals surface area contributed by atoms with E-state index in [1.807, 2.05) is 0 Å². The second-order valence-corrected chi connectivity index (χ2v) is 5.76. The zero-order valence-electron chi connectivity index (χ0n) is 12.9. The molecule has 0 unspecified atom stereocenters. The van der Waals surface area contributed by atoms with E-state index in [4.69, 9.17) is 0 Å². The van der Waals surface area contributed by atoms with Crippen LogP contribution < -0.4 is 5.32 Å². The fourth-order valence-corrected chi connectivity index (χ4v) is 2.80. The van der Waals surface area contributed by atoms with E-state index < -0.39 is 33.9 Å². The van der Waals surface area contributed by atoms with Crippen LogP contribution in [0.4, 0.5) is 15.2 Å². The smallest absolute Gasteiger partial charge is 0.350 e. The number of benzene rings is 1. The van der Waals surface area contributed by atoms with Gasteiger partial charge in [0.15, 0.2) is 5.13 Å². The number of halogens is 1. The van der Waals surface area contributed by atoms with Gasteiger partial charge in [0.2, 0.25) is 0 Å². The molecule has 0 aliphatic carbocycles. The van der Waals surface area contributed by atoms with Crippen LogP contribution in [-0.4, -0.2) is 28.9 Å². The third kappa shape index (κ3) is 3.38. The van der Waals surface area contributed by atoms with Gasteiger partial charge in [-0.25, -0.2) is 14.2 Å². The lowest BCUT2D eigenvalue weighted by atomic mass is 10.1. The van der Waals surface area contributed by atoms with Crippen LogP contribution in [0.15, 0.2) is 12.1 Å². The zero-order valence-corrected chi connectivity index (χ0v) is 13.7. The number of non-ortho nitro benzene ring substituents is 1. The molecular formula is C14H12FN3O5S. The van der Waals surface area contributed by atoms with Crippen LogP contribution in [0.3, 0.4) is 0 Å². The Hall–Kier alpha value is -2.88. The van der Waals surface area contributed by atoms with E-state index in [1.54, 1.807) is 6.92 Å². The Balaban J connectivity index is 2.34. The van der Waals surface area contributed by atoms with Crippen LogP contribution in [0.25, 0.3) is 0 Å². The number of hydrogen-bond acceptors (Lipinski definition) is 7. The second kappa shape index (κ2) is 6.71. The normalized spacial score (nSPS) is 10.3. The van der Waals surface area contributed by atoms with Crippen molar-refractivity contribution < 1.29 is 23.6 Å². The Labute approximate surface area is 139 Å². The fraction of sp³-hybridized carbons (Fsp3) is 0.214. The Kier molecular flexibility index (Phi) is 4.88. The molecule has 2 aromatic rings. The molecule has 10 heteroatoms. The van der Waals surface area contributed by atoms with Gasteiger partial charge in [0.05, 0.1) is 23.3 Å². The lowest BCUT2D eigenvalue weighted by molar-refractivity contribution is -0.385. The third-order valence-corrected chi connectivity index (χ3v) is 4.14. The van der Waals surface area contributed by atoms with Gasteiger partial charge in [-0.2, -0.15) is 0 Å². The highest BCUT2D eigenvalue weighted by Gasteiger charge is 2.22. The van der Waals surface area contributed by atoms with Crippen molar-refractivity contribution in [3.63, 3.8) is 0 Å². The lowest BCUT2D eigenvalue weighted by Gasteiger charge is -2.05. The summed E-state index contributed by atoms with van der Waals surface area (Å²) in [6, 6.07) is 1.88. The summed E-state index contributed by atoms with van der Waals surface area (Å²) in [4.78, 5) is 38.0. The van der Waals surface area contributed by atoms with Crippen LogP contribution >= 0.6 is 11.3 Å². The average molecular weight is 353 g/mol. The van der Waals surface area contributed by atoms with Gasteiger partial charge in [0, 0.05) is 12.1 Å². The van der Waals surface area contributed by atoms with Crippen molar-refractivity contribution in [1.82, 2.24) is 4.98 Å². The molecule has 0 aliphatic heterocycles. The first-order valence-corrected chi connectivity index (χ1v) is 7.38. The summed E-state index contributed by atoms with van der Waals surface area (Å²) < 4.78 is 18.7. The minimum Gasteiger partial charge on any atom is -0.465 e. The van der Waals surface area contributed by atoms with Gasteiger partial charge in [-0.3, -0.25) is 20.2 Å². The maximum atomic E-state index is 14.1. The molecule has 0 spiro atoms. The number of nitrogens with zero attached hydrogens (tertiary/aromatic N) is 2. The number of esters is 1. The number of methoxy groups -OCH3 is 1. The number of thiazole rings is 1. The van der Waals surface area contributed by atoms with Crippen molar-refractivity contribution >= 4 is 34.0 Å². The molecule has 1 N–H and O–H groups in total. The molecule has 1 heterocycles. The van der Waals surface area contributed by atoms with Gasteiger partial charge in [-0.15, -0.1) is 0 Å². The van der Waals surface area contributed by atoms with E-state index in [-0.39, 0.29) is 15.6 Å². The van der Waals surface area contributed by atoms with E-state index in [0.29, 0.717) is 5.69 Å². The zero-order chi connectivity index (χ0) is 18.0. The van der Waals surface area contributed by atoms with Crippen molar-refractivity contribution in [2.45, 2.75) is 13.8 Å². The summed E-state index contributed by atoms with van der Waals surface area (Å²) >= 11 is 0.862. The highest BCUT2D eigenvalue weighted by atomic mass is 32.1. The number of carbonyl (C=O) groups is 2. The number of hydrogen-bond donors (Lipinski definition) is 1. The predicted octanol–water partition coefficient (Wildman–Crippen LogP) is 2.85. The summed E-state index contributed by atoms with van der Waals surface area (Å²) in [5.74, 6) is -2.37. The van der Waals surface area contributed by atoms with Gasteiger partial charge >= 0.3 is 5.97 Å². The van der Waals surface area contributed by atoms with Crippen LogP contribution in [0.2, 0.25) is 0 Å². The SMILES string of the molecule is COC(=O)c1sc(NC(=O)c2cc([N+](=O)[O-])cc(C)c2F)nc1C. The number of carbonyl (C=O) groups excluding carboxylic acids is 2.